The molecule has 18 heavy (non-hydrogen) atoms. The molecule has 1 amide bonds. The third-order valence-electron chi connectivity index (χ3n) is 2.62. The van der Waals surface area contributed by atoms with E-state index in [0.29, 0.717) is 12.1 Å². The molecule has 2 rings (SSSR count). The van der Waals surface area contributed by atoms with Gasteiger partial charge in [-0.25, -0.2) is 0 Å². The highest BCUT2D eigenvalue weighted by atomic mass is 16.1. The largest absolute Gasteiger partial charge is 0.352 e. The van der Waals surface area contributed by atoms with Gasteiger partial charge in [0.2, 0.25) is 0 Å². The van der Waals surface area contributed by atoms with Crippen molar-refractivity contribution in [1.82, 2.24) is 10.3 Å². The summed E-state index contributed by atoms with van der Waals surface area (Å²) >= 11 is 0. The van der Waals surface area contributed by atoms with Crippen LogP contribution < -0.4 is 5.32 Å². The number of rotatable bonds is 4. The molecule has 0 saturated carbocycles. The van der Waals surface area contributed by atoms with Gasteiger partial charge in [0.15, 0.2) is 0 Å². The third kappa shape index (κ3) is 2.94. The fourth-order valence-electron chi connectivity index (χ4n) is 1.69. The van der Waals surface area contributed by atoms with Crippen LogP contribution in [0, 0.1) is 0 Å². The molecule has 0 fully saturated rings. The summed E-state index contributed by atoms with van der Waals surface area (Å²) in [6, 6.07) is 13.3. The molecule has 1 aromatic heterocycles. The molecule has 3 heteroatoms. The van der Waals surface area contributed by atoms with Crippen molar-refractivity contribution in [2.24, 2.45) is 0 Å². The maximum atomic E-state index is 11.9. The van der Waals surface area contributed by atoms with Crippen LogP contribution in [0.4, 0.5) is 0 Å². The summed E-state index contributed by atoms with van der Waals surface area (Å²) in [6.07, 6.45) is 2.69. The molecule has 0 unspecified atom stereocenters. The first kappa shape index (κ1) is 12.3. The van der Waals surface area contributed by atoms with E-state index < -0.39 is 0 Å². The van der Waals surface area contributed by atoms with Gasteiger partial charge in [-0.1, -0.05) is 25.1 Å². The monoisotopic (exact) mass is 240 g/mol. The number of nitrogens with zero attached hydrogens (tertiary/aromatic N) is 1. The average Bonchev–Trinajstić information content (AvgIpc) is 2.46. The maximum absolute atomic E-state index is 11.9. The first-order valence-electron chi connectivity index (χ1n) is 6.11. The number of benzene rings is 1. The minimum Gasteiger partial charge on any atom is -0.352 e. The summed E-state index contributed by atoms with van der Waals surface area (Å²) in [5.41, 5.74) is 2.51. The quantitative estimate of drug-likeness (QED) is 0.892. The maximum Gasteiger partial charge on any atom is 0.251 e. The van der Waals surface area contributed by atoms with E-state index in [1.165, 1.54) is 0 Å². The molecule has 0 saturated heterocycles. The number of carbonyl (C=O) groups is 1. The van der Waals surface area contributed by atoms with Crippen LogP contribution in [-0.4, -0.2) is 17.4 Å². The van der Waals surface area contributed by atoms with E-state index >= 15 is 0 Å². The number of nitrogens with one attached hydrogen (secondary N) is 1. The van der Waals surface area contributed by atoms with Gasteiger partial charge >= 0.3 is 0 Å². The number of aromatic nitrogens is 1. The highest BCUT2D eigenvalue weighted by Crippen LogP contribution is 2.17. The molecule has 2 aromatic rings. The van der Waals surface area contributed by atoms with E-state index in [-0.39, 0.29) is 5.91 Å². The first-order valence-corrected chi connectivity index (χ1v) is 6.11. The Hall–Kier alpha value is -2.16. The van der Waals surface area contributed by atoms with E-state index in [9.17, 15) is 4.79 Å². The number of pyridine rings is 1. The van der Waals surface area contributed by atoms with Crippen LogP contribution in [0.1, 0.15) is 23.7 Å². The highest BCUT2D eigenvalue weighted by molar-refractivity contribution is 5.95. The Bertz CT molecular complexity index is 523. The van der Waals surface area contributed by atoms with Gasteiger partial charge in [0.1, 0.15) is 0 Å². The van der Waals surface area contributed by atoms with E-state index in [1.807, 2.05) is 49.4 Å². The van der Waals surface area contributed by atoms with Crippen molar-refractivity contribution in [3.05, 3.63) is 54.2 Å². The Morgan fingerprint density at radius 3 is 2.83 bits per heavy atom. The van der Waals surface area contributed by atoms with E-state index in [2.05, 4.69) is 10.3 Å². The lowest BCUT2D eigenvalue weighted by Gasteiger charge is -2.05. The third-order valence-corrected chi connectivity index (χ3v) is 2.62. The van der Waals surface area contributed by atoms with Gasteiger partial charge in [0.25, 0.3) is 5.91 Å². The Morgan fingerprint density at radius 2 is 2.11 bits per heavy atom. The molecular formula is C15H16N2O. The predicted molar refractivity (Wildman–Crippen MR) is 72.3 cm³/mol. The lowest BCUT2D eigenvalue weighted by molar-refractivity contribution is 0.0953. The summed E-state index contributed by atoms with van der Waals surface area (Å²) in [7, 11) is 0. The number of hydrogen-bond donors (Lipinski definition) is 1. The van der Waals surface area contributed by atoms with Crippen LogP contribution in [0.5, 0.6) is 0 Å². The Balaban J connectivity index is 2.23. The lowest BCUT2D eigenvalue weighted by Crippen LogP contribution is -2.23. The van der Waals surface area contributed by atoms with Gasteiger partial charge in [-0.15, -0.1) is 0 Å². The first-order chi connectivity index (χ1) is 8.81. The highest BCUT2D eigenvalue weighted by Gasteiger charge is 2.06. The Morgan fingerprint density at radius 1 is 1.22 bits per heavy atom. The van der Waals surface area contributed by atoms with E-state index in [4.69, 9.17) is 0 Å². The zero-order valence-electron chi connectivity index (χ0n) is 10.4. The molecule has 1 heterocycles. The van der Waals surface area contributed by atoms with Crippen LogP contribution >= 0.6 is 0 Å². The van der Waals surface area contributed by atoms with Crippen molar-refractivity contribution in [2.45, 2.75) is 13.3 Å². The molecular weight excluding hydrogens is 224 g/mol. The molecule has 1 aromatic carbocycles. The second kappa shape index (κ2) is 5.96. The zero-order chi connectivity index (χ0) is 12.8. The summed E-state index contributed by atoms with van der Waals surface area (Å²) < 4.78 is 0. The number of carbonyl (C=O) groups excluding carboxylic acids is 1. The van der Waals surface area contributed by atoms with Gasteiger partial charge in [-0.05, 0) is 30.7 Å². The van der Waals surface area contributed by atoms with Crippen molar-refractivity contribution in [1.29, 1.82) is 0 Å². The molecule has 0 bridgehead atoms. The van der Waals surface area contributed by atoms with E-state index in [0.717, 1.165) is 17.7 Å². The minimum absolute atomic E-state index is 0.0327. The average molecular weight is 240 g/mol. The second-order valence-corrected chi connectivity index (χ2v) is 4.05. The van der Waals surface area contributed by atoms with E-state index in [1.54, 1.807) is 6.20 Å². The molecule has 0 spiro atoms. The molecule has 0 radical (unpaired) electrons. The predicted octanol–water partition coefficient (Wildman–Crippen LogP) is 2.89. The second-order valence-electron chi connectivity index (χ2n) is 4.05. The standard InChI is InChI=1S/C15H16N2O/c1-2-9-17-15(18)13-7-5-6-12(11-13)14-8-3-4-10-16-14/h3-8,10-11H,2,9H2,1H3,(H,17,18). The van der Waals surface area contributed by atoms with Crippen molar-refractivity contribution in [3.63, 3.8) is 0 Å². The molecule has 0 atom stereocenters. The molecule has 0 aliphatic rings. The number of hydrogen-bond acceptors (Lipinski definition) is 2. The summed E-state index contributed by atoms with van der Waals surface area (Å²) in [5, 5.41) is 2.87. The van der Waals surface area contributed by atoms with Gasteiger partial charge in [0, 0.05) is 23.9 Å². The number of amides is 1. The van der Waals surface area contributed by atoms with Crippen LogP contribution in [0.3, 0.4) is 0 Å². The lowest BCUT2D eigenvalue weighted by atomic mass is 10.1. The summed E-state index contributed by atoms with van der Waals surface area (Å²) in [4.78, 5) is 16.1. The van der Waals surface area contributed by atoms with Gasteiger partial charge in [-0.3, -0.25) is 9.78 Å². The van der Waals surface area contributed by atoms with Crippen LogP contribution in [0.15, 0.2) is 48.7 Å². The normalized spacial score (nSPS) is 10.1. The van der Waals surface area contributed by atoms with Crippen LogP contribution in [0.2, 0.25) is 0 Å². The smallest absolute Gasteiger partial charge is 0.251 e. The fourth-order valence-corrected chi connectivity index (χ4v) is 1.69. The van der Waals surface area contributed by atoms with Crippen molar-refractivity contribution in [3.8, 4) is 11.3 Å². The Labute approximate surface area is 107 Å². The van der Waals surface area contributed by atoms with Gasteiger partial charge in [0.05, 0.1) is 5.69 Å². The summed E-state index contributed by atoms with van der Waals surface area (Å²) in [5.74, 6) is -0.0327. The van der Waals surface area contributed by atoms with Crippen LogP contribution in [-0.2, 0) is 0 Å². The fraction of sp³-hybridized carbons (Fsp3) is 0.200. The molecule has 1 N–H and O–H groups in total. The van der Waals surface area contributed by atoms with Crippen molar-refractivity contribution < 1.29 is 4.79 Å². The molecule has 92 valence electrons. The molecule has 0 aliphatic heterocycles. The topological polar surface area (TPSA) is 42.0 Å². The van der Waals surface area contributed by atoms with Gasteiger partial charge in [-0.2, -0.15) is 0 Å². The summed E-state index contributed by atoms with van der Waals surface area (Å²) in [6.45, 7) is 2.73. The molecule has 3 nitrogen and oxygen atoms in total. The SMILES string of the molecule is CCCNC(=O)c1cccc(-c2ccccn2)c1. The minimum atomic E-state index is -0.0327. The molecule has 0 aliphatic carbocycles. The van der Waals surface area contributed by atoms with Gasteiger partial charge < -0.3 is 5.32 Å². The Kier molecular flexibility index (Phi) is 4.07. The van der Waals surface area contributed by atoms with Crippen molar-refractivity contribution in [2.75, 3.05) is 6.54 Å². The van der Waals surface area contributed by atoms with Crippen molar-refractivity contribution >= 4 is 5.91 Å². The van der Waals surface area contributed by atoms with Crippen LogP contribution in [0.25, 0.3) is 11.3 Å². The zero-order valence-corrected chi connectivity index (χ0v) is 10.4.